The molecule has 1 fully saturated rings. The van der Waals surface area contributed by atoms with Crippen LogP contribution in [0.4, 0.5) is 14.9 Å². The van der Waals surface area contributed by atoms with Crippen LogP contribution in [0.3, 0.4) is 0 Å². The summed E-state index contributed by atoms with van der Waals surface area (Å²) in [5.74, 6) is -0.569. The molecule has 0 bridgehead atoms. The molecule has 3 aromatic carbocycles. The number of nitrogens with one attached hydrogen (secondary N) is 1. The van der Waals surface area contributed by atoms with Crippen LogP contribution >= 0.6 is 0 Å². The molecule has 2 amide bonds. The zero-order valence-corrected chi connectivity index (χ0v) is 16.6. The highest BCUT2D eigenvalue weighted by molar-refractivity contribution is 5.96. The number of phenolic OH excluding ortho intramolecular Hbond substituents is 2. The Balaban J connectivity index is 1.62. The van der Waals surface area contributed by atoms with Gasteiger partial charge in [-0.3, -0.25) is 4.90 Å². The normalized spacial score (nSPS) is 19.3. The highest BCUT2D eigenvalue weighted by Gasteiger charge is 2.42. The standard InChI is InChI=1S/C24H23FN2O4/c25-16-8-6-15(7-9-16)21(29)13-12-20-23(19-11-10-18(28)14-22(19)30)27(24(31)26-20)17-4-2-1-3-5-17/h1-11,14,20-21,23,28-30H,12-13H2,(H,26,31)/t20-,21?,23-/m1/s1. The summed E-state index contributed by atoms with van der Waals surface area (Å²) >= 11 is 0. The van der Waals surface area contributed by atoms with Gasteiger partial charge in [0.2, 0.25) is 0 Å². The molecule has 1 aliphatic rings. The van der Waals surface area contributed by atoms with Crippen LogP contribution in [0.15, 0.2) is 72.8 Å². The molecular formula is C24H23FN2O4. The van der Waals surface area contributed by atoms with Crippen LogP contribution in [0.25, 0.3) is 0 Å². The predicted molar refractivity (Wildman–Crippen MR) is 114 cm³/mol. The smallest absolute Gasteiger partial charge is 0.322 e. The molecule has 0 spiro atoms. The lowest BCUT2D eigenvalue weighted by Crippen LogP contribution is -2.29. The molecule has 0 aliphatic carbocycles. The van der Waals surface area contributed by atoms with Gasteiger partial charge >= 0.3 is 6.03 Å². The van der Waals surface area contributed by atoms with Crippen molar-refractivity contribution in [3.05, 3.63) is 89.7 Å². The summed E-state index contributed by atoms with van der Waals surface area (Å²) in [6.07, 6.45) is -0.0787. The van der Waals surface area contributed by atoms with Gasteiger partial charge in [-0.25, -0.2) is 9.18 Å². The van der Waals surface area contributed by atoms with Gasteiger partial charge in [-0.1, -0.05) is 30.3 Å². The molecule has 1 heterocycles. The number of hydrogen-bond acceptors (Lipinski definition) is 4. The average molecular weight is 422 g/mol. The van der Waals surface area contributed by atoms with E-state index in [0.717, 1.165) is 0 Å². The minimum atomic E-state index is -0.822. The predicted octanol–water partition coefficient (Wildman–Crippen LogP) is 4.39. The Kier molecular flexibility index (Phi) is 5.77. The van der Waals surface area contributed by atoms with E-state index in [4.69, 9.17) is 0 Å². The van der Waals surface area contributed by atoms with Gasteiger partial charge in [-0.05, 0) is 54.8 Å². The van der Waals surface area contributed by atoms with Crippen LogP contribution in [-0.4, -0.2) is 27.4 Å². The van der Waals surface area contributed by atoms with Crippen LogP contribution in [0.2, 0.25) is 0 Å². The van der Waals surface area contributed by atoms with Gasteiger partial charge in [0, 0.05) is 17.3 Å². The lowest BCUT2D eigenvalue weighted by molar-refractivity contribution is 0.159. The molecule has 0 aromatic heterocycles. The van der Waals surface area contributed by atoms with Gasteiger partial charge < -0.3 is 20.6 Å². The van der Waals surface area contributed by atoms with E-state index in [-0.39, 0.29) is 23.3 Å². The Morgan fingerprint density at radius 2 is 1.71 bits per heavy atom. The van der Waals surface area contributed by atoms with Crippen molar-refractivity contribution in [1.82, 2.24) is 5.32 Å². The molecule has 3 atom stereocenters. The lowest BCUT2D eigenvalue weighted by Gasteiger charge is -2.28. The summed E-state index contributed by atoms with van der Waals surface area (Å²) in [6, 6.07) is 17.8. The van der Waals surface area contributed by atoms with Crippen LogP contribution in [0.1, 0.15) is 36.1 Å². The zero-order chi connectivity index (χ0) is 22.0. The van der Waals surface area contributed by atoms with E-state index in [9.17, 15) is 24.5 Å². The first-order chi connectivity index (χ1) is 14.9. The molecule has 1 saturated heterocycles. The maximum Gasteiger partial charge on any atom is 0.322 e. The van der Waals surface area contributed by atoms with E-state index >= 15 is 0 Å². The fourth-order valence-electron chi connectivity index (χ4n) is 4.04. The van der Waals surface area contributed by atoms with E-state index in [2.05, 4.69) is 5.32 Å². The first kappa shape index (κ1) is 20.7. The van der Waals surface area contributed by atoms with E-state index < -0.39 is 18.2 Å². The number of aliphatic hydroxyl groups is 1. The summed E-state index contributed by atoms with van der Waals surface area (Å²) in [5.41, 5.74) is 1.75. The number of benzene rings is 3. The van der Waals surface area contributed by atoms with Crippen molar-refractivity contribution in [2.24, 2.45) is 0 Å². The molecule has 3 aromatic rings. The van der Waals surface area contributed by atoms with Crippen molar-refractivity contribution in [3.63, 3.8) is 0 Å². The Labute approximate surface area is 179 Å². The maximum absolute atomic E-state index is 13.2. The number of aromatic hydroxyl groups is 2. The summed E-state index contributed by atoms with van der Waals surface area (Å²) < 4.78 is 13.2. The molecular weight excluding hydrogens is 399 g/mol. The van der Waals surface area contributed by atoms with Crippen molar-refractivity contribution in [2.45, 2.75) is 31.0 Å². The average Bonchev–Trinajstić information content (AvgIpc) is 3.09. The number of halogens is 1. The van der Waals surface area contributed by atoms with Gasteiger partial charge in [0.15, 0.2) is 0 Å². The van der Waals surface area contributed by atoms with Crippen molar-refractivity contribution in [3.8, 4) is 11.5 Å². The first-order valence-corrected chi connectivity index (χ1v) is 10.0. The van der Waals surface area contributed by atoms with Gasteiger partial charge in [-0.2, -0.15) is 0 Å². The van der Waals surface area contributed by atoms with E-state index in [1.54, 1.807) is 23.1 Å². The summed E-state index contributed by atoms with van der Waals surface area (Å²) in [7, 11) is 0. The Morgan fingerprint density at radius 1 is 1.00 bits per heavy atom. The summed E-state index contributed by atoms with van der Waals surface area (Å²) in [5, 5.41) is 33.7. The second-order valence-electron chi connectivity index (χ2n) is 7.59. The molecule has 0 radical (unpaired) electrons. The minimum absolute atomic E-state index is 0.0759. The molecule has 160 valence electrons. The Morgan fingerprint density at radius 3 is 2.39 bits per heavy atom. The summed E-state index contributed by atoms with van der Waals surface area (Å²) in [6.45, 7) is 0. The maximum atomic E-state index is 13.2. The van der Waals surface area contributed by atoms with Gasteiger partial charge in [0.1, 0.15) is 17.3 Å². The fraction of sp³-hybridized carbons (Fsp3) is 0.208. The third-order valence-electron chi connectivity index (χ3n) is 5.56. The molecule has 31 heavy (non-hydrogen) atoms. The van der Waals surface area contributed by atoms with Crippen LogP contribution in [0.5, 0.6) is 11.5 Å². The summed E-state index contributed by atoms with van der Waals surface area (Å²) in [4.78, 5) is 14.4. The van der Waals surface area contributed by atoms with Crippen LogP contribution < -0.4 is 10.2 Å². The zero-order valence-electron chi connectivity index (χ0n) is 16.6. The number of amides is 2. The molecule has 6 nitrogen and oxygen atoms in total. The van der Waals surface area contributed by atoms with E-state index in [0.29, 0.717) is 29.7 Å². The molecule has 1 aliphatic heterocycles. The SMILES string of the molecule is O=C1N[C@H](CCC(O)c2ccc(F)cc2)[C@@H](c2ccc(O)cc2O)N1c1ccccc1. The number of urea groups is 1. The highest BCUT2D eigenvalue weighted by atomic mass is 19.1. The third-order valence-corrected chi connectivity index (χ3v) is 5.56. The number of carbonyl (C=O) groups excluding carboxylic acids is 1. The number of rotatable bonds is 6. The van der Waals surface area contributed by atoms with Gasteiger partial charge in [0.05, 0.1) is 18.2 Å². The topological polar surface area (TPSA) is 93.0 Å². The molecule has 7 heteroatoms. The third kappa shape index (κ3) is 4.32. The van der Waals surface area contributed by atoms with Gasteiger partial charge in [-0.15, -0.1) is 0 Å². The monoisotopic (exact) mass is 422 g/mol. The first-order valence-electron chi connectivity index (χ1n) is 10.0. The second kappa shape index (κ2) is 8.65. The number of nitrogens with zero attached hydrogens (tertiary/aromatic N) is 1. The molecule has 4 N–H and O–H groups in total. The number of aliphatic hydroxyl groups excluding tert-OH is 1. The quantitative estimate of drug-likeness (QED) is 0.474. The Bertz CT molecular complexity index is 1060. The lowest BCUT2D eigenvalue weighted by atomic mass is 9.92. The molecule has 0 saturated carbocycles. The van der Waals surface area contributed by atoms with Crippen LogP contribution in [-0.2, 0) is 0 Å². The fourth-order valence-corrected chi connectivity index (χ4v) is 4.04. The van der Waals surface area contributed by atoms with Crippen LogP contribution in [0, 0.1) is 5.82 Å². The van der Waals surface area contributed by atoms with E-state index in [1.807, 2.05) is 18.2 Å². The largest absolute Gasteiger partial charge is 0.508 e. The van der Waals surface area contributed by atoms with Crippen molar-refractivity contribution in [1.29, 1.82) is 0 Å². The highest BCUT2D eigenvalue weighted by Crippen LogP contribution is 2.41. The van der Waals surface area contributed by atoms with Crippen molar-refractivity contribution >= 4 is 11.7 Å². The molecule has 1 unspecified atom stereocenters. The minimum Gasteiger partial charge on any atom is -0.508 e. The van der Waals surface area contributed by atoms with E-state index in [1.165, 1.54) is 36.4 Å². The Hall–Kier alpha value is -3.58. The second-order valence-corrected chi connectivity index (χ2v) is 7.59. The van der Waals surface area contributed by atoms with Crippen molar-refractivity contribution < 1.29 is 24.5 Å². The number of para-hydroxylation sites is 1. The number of phenols is 2. The van der Waals surface area contributed by atoms with Crippen molar-refractivity contribution in [2.75, 3.05) is 4.90 Å². The van der Waals surface area contributed by atoms with Gasteiger partial charge in [0.25, 0.3) is 0 Å². The molecule has 4 rings (SSSR count). The number of carbonyl (C=O) groups is 1. The number of hydrogen-bond donors (Lipinski definition) is 4. The number of anilines is 1.